The SMILES string of the molecule is Nc1c(Cl)c(Cl)nc(C(=O)OCC(=O)NC(=O)C2CCCCC2)c1Cl. The average molecular weight is 409 g/mol. The lowest BCUT2D eigenvalue weighted by atomic mass is 9.89. The van der Waals surface area contributed by atoms with Gasteiger partial charge in [0.15, 0.2) is 17.5 Å². The number of esters is 1. The summed E-state index contributed by atoms with van der Waals surface area (Å²) in [7, 11) is 0. The van der Waals surface area contributed by atoms with Gasteiger partial charge in [0.25, 0.3) is 5.91 Å². The van der Waals surface area contributed by atoms with Crippen LogP contribution in [0.1, 0.15) is 42.6 Å². The molecule has 2 amide bonds. The molecule has 1 heterocycles. The maximum absolute atomic E-state index is 12.0. The minimum Gasteiger partial charge on any atom is -0.451 e. The molecule has 1 aromatic rings. The quantitative estimate of drug-likeness (QED) is 0.585. The van der Waals surface area contributed by atoms with E-state index in [4.69, 9.17) is 45.3 Å². The van der Waals surface area contributed by atoms with Gasteiger partial charge in [0.1, 0.15) is 5.02 Å². The summed E-state index contributed by atoms with van der Waals surface area (Å²) in [6, 6.07) is 0. The fourth-order valence-electron chi connectivity index (χ4n) is 2.51. The molecular weight excluding hydrogens is 393 g/mol. The van der Waals surface area contributed by atoms with Crippen LogP contribution in [0.3, 0.4) is 0 Å². The molecule has 1 aliphatic rings. The number of pyridine rings is 1. The molecule has 1 aliphatic carbocycles. The molecule has 1 aromatic heterocycles. The van der Waals surface area contributed by atoms with Crippen molar-refractivity contribution < 1.29 is 19.1 Å². The molecule has 0 radical (unpaired) electrons. The molecule has 0 aliphatic heterocycles. The number of ether oxygens (including phenoxy) is 1. The third-order valence-electron chi connectivity index (χ3n) is 3.84. The zero-order chi connectivity index (χ0) is 18.6. The Morgan fingerprint density at radius 3 is 2.40 bits per heavy atom. The Labute approximate surface area is 159 Å². The number of aromatic nitrogens is 1. The molecule has 0 saturated heterocycles. The molecule has 0 atom stereocenters. The number of hydrogen-bond acceptors (Lipinski definition) is 6. The van der Waals surface area contributed by atoms with Crippen molar-refractivity contribution in [3.8, 4) is 0 Å². The summed E-state index contributed by atoms with van der Waals surface area (Å²) in [6.07, 6.45) is 4.52. The number of anilines is 1. The minimum absolute atomic E-state index is 0.0842. The van der Waals surface area contributed by atoms with Crippen molar-refractivity contribution in [1.82, 2.24) is 10.3 Å². The molecule has 136 valence electrons. The van der Waals surface area contributed by atoms with Crippen LogP contribution in [-0.4, -0.2) is 29.4 Å². The van der Waals surface area contributed by atoms with E-state index in [2.05, 4.69) is 10.3 Å². The Bertz CT molecular complexity index is 706. The Kier molecular flexibility index (Phi) is 6.87. The van der Waals surface area contributed by atoms with Gasteiger partial charge in [-0.05, 0) is 12.8 Å². The van der Waals surface area contributed by atoms with Crippen molar-refractivity contribution in [3.63, 3.8) is 0 Å². The molecule has 1 fully saturated rings. The molecule has 7 nitrogen and oxygen atoms in total. The first-order valence-electron chi connectivity index (χ1n) is 7.62. The first kappa shape index (κ1) is 19.8. The molecule has 0 unspecified atom stereocenters. The van der Waals surface area contributed by atoms with Gasteiger partial charge in [-0.1, -0.05) is 54.1 Å². The monoisotopic (exact) mass is 407 g/mol. The summed E-state index contributed by atoms with van der Waals surface area (Å²) in [6.45, 7) is -0.657. The Morgan fingerprint density at radius 2 is 1.76 bits per heavy atom. The van der Waals surface area contributed by atoms with Crippen LogP contribution < -0.4 is 11.1 Å². The Hall–Kier alpha value is -1.57. The van der Waals surface area contributed by atoms with E-state index in [0.717, 1.165) is 32.1 Å². The number of halogens is 3. The van der Waals surface area contributed by atoms with Crippen LogP contribution in [0.25, 0.3) is 0 Å². The van der Waals surface area contributed by atoms with Crippen molar-refractivity contribution in [3.05, 3.63) is 20.9 Å². The van der Waals surface area contributed by atoms with Gasteiger partial charge in [-0.15, -0.1) is 0 Å². The number of hydrogen-bond donors (Lipinski definition) is 2. The number of nitrogens with one attached hydrogen (secondary N) is 1. The van der Waals surface area contributed by atoms with Gasteiger partial charge in [0.05, 0.1) is 10.7 Å². The van der Waals surface area contributed by atoms with Crippen LogP contribution >= 0.6 is 34.8 Å². The largest absolute Gasteiger partial charge is 0.451 e. The Morgan fingerprint density at radius 1 is 1.12 bits per heavy atom. The second kappa shape index (κ2) is 8.69. The highest BCUT2D eigenvalue weighted by atomic mass is 35.5. The van der Waals surface area contributed by atoms with Crippen LogP contribution in [0.15, 0.2) is 0 Å². The van der Waals surface area contributed by atoms with Crippen LogP contribution in [-0.2, 0) is 14.3 Å². The van der Waals surface area contributed by atoms with Gasteiger partial charge < -0.3 is 10.5 Å². The molecular formula is C15H16Cl3N3O4. The molecule has 25 heavy (non-hydrogen) atoms. The van der Waals surface area contributed by atoms with E-state index < -0.39 is 18.5 Å². The lowest BCUT2D eigenvalue weighted by Gasteiger charge is -2.20. The van der Waals surface area contributed by atoms with Gasteiger partial charge in [-0.3, -0.25) is 14.9 Å². The van der Waals surface area contributed by atoms with E-state index in [1.807, 2.05) is 0 Å². The number of rotatable bonds is 4. The number of nitrogen functional groups attached to an aromatic ring is 1. The van der Waals surface area contributed by atoms with Crippen LogP contribution in [0.4, 0.5) is 5.69 Å². The molecule has 0 spiro atoms. The van der Waals surface area contributed by atoms with Crippen molar-refractivity contribution in [2.75, 3.05) is 12.3 Å². The van der Waals surface area contributed by atoms with E-state index in [1.54, 1.807) is 0 Å². The van der Waals surface area contributed by atoms with Gasteiger partial charge in [-0.25, -0.2) is 9.78 Å². The van der Waals surface area contributed by atoms with Gasteiger partial charge in [-0.2, -0.15) is 0 Å². The highest BCUT2D eigenvalue weighted by Crippen LogP contribution is 2.34. The predicted octanol–water partition coefficient (Wildman–Crippen LogP) is 3.00. The van der Waals surface area contributed by atoms with E-state index in [1.165, 1.54) is 0 Å². The van der Waals surface area contributed by atoms with Crippen LogP contribution in [0, 0.1) is 5.92 Å². The first-order valence-corrected chi connectivity index (χ1v) is 8.75. The van der Waals surface area contributed by atoms with E-state index >= 15 is 0 Å². The van der Waals surface area contributed by atoms with Crippen LogP contribution in [0.2, 0.25) is 15.2 Å². The molecule has 0 aromatic carbocycles. The lowest BCUT2D eigenvalue weighted by molar-refractivity contribution is -0.135. The second-order valence-corrected chi connectivity index (χ2v) is 6.73. The fourth-order valence-corrected chi connectivity index (χ4v) is 3.09. The van der Waals surface area contributed by atoms with E-state index in [-0.39, 0.29) is 38.4 Å². The standard InChI is InChI=1S/C15H16Cl3N3O4/c16-9-11(19)10(17)13(18)21-12(9)15(24)25-6-8(22)20-14(23)7-4-2-1-3-5-7/h7H,1-6H2,(H2,19,21)(H,20,22,23). The summed E-state index contributed by atoms with van der Waals surface area (Å²) in [4.78, 5) is 39.4. The van der Waals surface area contributed by atoms with Crippen molar-refractivity contribution in [2.24, 2.45) is 5.92 Å². The number of carbonyl (C=O) groups excluding carboxylic acids is 3. The number of nitrogens with two attached hydrogens (primary N) is 1. The summed E-state index contributed by atoms with van der Waals surface area (Å²) in [5.74, 6) is -2.27. The maximum atomic E-state index is 12.0. The van der Waals surface area contributed by atoms with Gasteiger partial charge in [0, 0.05) is 5.92 Å². The summed E-state index contributed by atoms with van der Waals surface area (Å²) >= 11 is 17.4. The van der Waals surface area contributed by atoms with Crippen molar-refractivity contribution >= 4 is 58.3 Å². The predicted molar refractivity (Wildman–Crippen MR) is 93.7 cm³/mol. The third kappa shape index (κ3) is 4.96. The molecule has 10 heteroatoms. The zero-order valence-electron chi connectivity index (χ0n) is 13.1. The third-order valence-corrected chi connectivity index (χ3v) is 4.97. The minimum atomic E-state index is -1.00. The van der Waals surface area contributed by atoms with Gasteiger partial charge in [0.2, 0.25) is 5.91 Å². The highest BCUT2D eigenvalue weighted by Gasteiger charge is 2.24. The molecule has 2 rings (SSSR count). The van der Waals surface area contributed by atoms with Crippen molar-refractivity contribution in [2.45, 2.75) is 32.1 Å². The Balaban J connectivity index is 1.91. The summed E-state index contributed by atoms with van der Waals surface area (Å²) in [5.41, 5.74) is 5.13. The van der Waals surface area contributed by atoms with Crippen LogP contribution in [0.5, 0.6) is 0 Å². The number of amides is 2. The van der Waals surface area contributed by atoms with E-state index in [9.17, 15) is 14.4 Å². The molecule has 0 bridgehead atoms. The number of carbonyl (C=O) groups is 3. The maximum Gasteiger partial charge on any atom is 0.359 e. The highest BCUT2D eigenvalue weighted by molar-refractivity contribution is 6.46. The lowest BCUT2D eigenvalue weighted by Crippen LogP contribution is -2.39. The fraction of sp³-hybridized carbons (Fsp3) is 0.467. The normalized spacial score (nSPS) is 14.8. The van der Waals surface area contributed by atoms with E-state index in [0.29, 0.717) is 0 Å². The zero-order valence-corrected chi connectivity index (χ0v) is 15.4. The van der Waals surface area contributed by atoms with Crippen molar-refractivity contribution in [1.29, 1.82) is 0 Å². The molecule has 3 N–H and O–H groups in total. The summed E-state index contributed by atoms with van der Waals surface area (Å²) < 4.78 is 4.80. The molecule has 1 saturated carbocycles. The van der Waals surface area contributed by atoms with Gasteiger partial charge >= 0.3 is 5.97 Å². The number of nitrogens with zero attached hydrogens (tertiary/aromatic N) is 1. The average Bonchev–Trinajstić information content (AvgIpc) is 2.61. The summed E-state index contributed by atoms with van der Waals surface area (Å²) in [5, 5.41) is 1.70. The second-order valence-electron chi connectivity index (χ2n) is 5.62. The number of imide groups is 1. The smallest absolute Gasteiger partial charge is 0.359 e. The first-order chi connectivity index (χ1) is 11.8. The topological polar surface area (TPSA) is 111 Å².